The van der Waals surface area contributed by atoms with Crippen molar-refractivity contribution in [3.63, 3.8) is 0 Å². The molecule has 0 unspecified atom stereocenters. The molecule has 0 saturated carbocycles. The minimum atomic E-state index is -0.471. The largest absolute Gasteiger partial charge is 0.467 e. The molecule has 0 spiro atoms. The van der Waals surface area contributed by atoms with E-state index in [1.165, 1.54) is 33.8 Å². The third kappa shape index (κ3) is 3.80. The van der Waals surface area contributed by atoms with Crippen molar-refractivity contribution in [3.8, 4) is 5.19 Å². The minimum Gasteiger partial charge on any atom is -0.467 e. The Morgan fingerprint density at radius 2 is 1.97 bits per heavy atom. The van der Waals surface area contributed by atoms with E-state index in [-0.39, 0.29) is 29.7 Å². The summed E-state index contributed by atoms with van der Waals surface area (Å²) < 4.78 is 10.9. The fourth-order valence-electron chi connectivity index (χ4n) is 4.07. The maximum atomic E-state index is 12.9. The second-order valence-electron chi connectivity index (χ2n) is 8.01. The first-order valence-electron chi connectivity index (χ1n) is 10.4. The van der Waals surface area contributed by atoms with Gasteiger partial charge in [0.1, 0.15) is 18.2 Å². The van der Waals surface area contributed by atoms with Gasteiger partial charge in [0, 0.05) is 40.0 Å². The smallest absolute Gasteiger partial charge is 0.332 e. The summed E-state index contributed by atoms with van der Waals surface area (Å²) in [5, 5.41) is 1.18. The number of benzene rings is 1. The number of piperidine rings is 1. The van der Waals surface area contributed by atoms with Crippen molar-refractivity contribution < 1.29 is 9.53 Å². The number of carbonyl (C=O) groups is 1. The number of likely N-dealkylation sites (tertiary alicyclic amines) is 1. The topological polar surface area (TPSA) is 104 Å². The number of hydrogen-bond acceptors (Lipinski definition) is 7. The van der Waals surface area contributed by atoms with Crippen LogP contribution in [0.15, 0.2) is 34.1 Å². The van der Waals surface area contributed by atoms with Crippen molar-refractivity contribution >= 4 is 50.2 Å². The van der Waals surface area contributed by atoms with Crippen molar-refractivity contribution in [2.24, 2.45) is 14.1 Å². The summed E-state index contributed by atoms with van der Waals surface area (Å²) in [7, 11) is 2.96. The summed E-state index contributed by atoms with van der Waals surface area (Å²) in [4.78, 5) is 48.0. The van der Waals surface area contributed by atoms with Gasteiger partial charge in [-0.3, -0.25) is 18.7 Å². The maximum absolute atomic E-state index is 12.9. The van der Waals surface area contributed by atoms with E-state index in [9.17, 15) is 14.4 Å². The molecule has 1 aliphatic rings. The standard InChI is InChI=1S/C21H21ClN6O4S/c1-25-18-17(19(30)26(2)21(25)31)28(11-23-18)10-15(29)27-8-6-12(7-9-27)32-20-24-16-13(22)4-3-5-14(16)33-20/h3-5,11-12H,6-10H2,1-2H3. The van der Waals surface area contributed by atoms with Gasteiger partial charge in [0.05, 0.1) is 16.0 Å². The van der Waals surface area contributed by atoms with Crippen LogP contribution in [0.25, 0.3) is 21.4 Å². The van der Waals surface area contributed by atoms with Gasteiger partial charge in [0.25, 0.3) is 10.8 Å². The highest BCUT2D eigenvalue weighted by molar-refractivity contribution is 7.20. The van der Waals surface area contributed by atoms with Crippen molar-refractivity contribution in [2.45, 2.75) is 25.5 Å². The molecule has 0 radical (unpaired) electrons. The minimum absolute atomic E-state index is 0.0220. The third-order valence-electron chi connectivity index (χ3n) is 5.94. The van der Waals surface area contributed by atoms with Crippen LogP contribution >= 0.6 is 22.9 Å². The monoisotopic (exact) mass is 488 g/mol. The number of thiazole rings is 1. The van der Waals surface area contributed by atoms with E-state index in [4.69, 9.17) is 16.3 Å². The van der Waals surface area contributed by atoms with Crippen molar-refractivity contribution in [1.82, 2.24) is 28.6 Å². The third-order valence-corrected chi connectivity index (χ3v) is 7.15. The van der Waals surface area contributed by atoms with E-state index in [1.807, 2.05) is 12.1 Å². The SMILES string of the molecule is Cn1c(=O)c2c(ncn2CC(=O)N2CCC(Oc3nc4c(Cl)cccc4s3)CC2)n(C)c1=O. The Labute approximate surface area is 196 Å². The number of nitrogens with zero attached hydrogens (tertiary/aromatic N) is 6. The Hall–Kier alpha value is -3.18. The predicted octanol–water partition coefficient (Wildman–Crippen LogP) is 1.77. The zero-order valence-corrected chi connectivity index (χ0v) is 19.6. The normalized spacial score (nSPS) is 14.9. The number of rotatable bonds is 4. The molecule has 0 bridgehead atoms. The number of halogens is 1. The van der Waals surface area contributed by atoms with Gasteiger partial charge in [-0.15, -0.1) is 0 Å². The molecule has 3 aromatic heterocycles. The number of fused-ring (bicyclic) bond motifs is 2. The Balaban J connectivity index is 1.25. The second kappa shape index (κ2) is 8.31. The molecule has 1 fully saturated rings. The second-order valence-corrected chi connectivity index (χ2v) is 9.42. The Bertz CT molecular complexity index is 1490. The molecule has 4 aromatic rings. The number of amides is 1. The predicted molar refractivity (Wildman–Crippen MR) is 125 cm³/mol. The number of carbonyl (C=O) groups excluding carboxylic acids is 1. The fourth-order valence-corrected chi connectivity index (χ4v) is 5.25. The molecule has 12 heteroatoms. The molecule has 0 atom stereocenters. The number of ether oxygens (including phenoxy) is 1. The van der Waals surface area contributed by atoms with E-state index in [2.05, 4.69) is 9.97 Å². The van der Waals surface area contributed by atoms with Crippen LogP contribution in [0.2, 0.25) is 5.02 Å². The number of hydrogen-bond donors (Lipinski definition) is 0. The highest BCUT2D eigenvalue weighted by Gasteiger charge is 2.26. The molecule has 10 nitrogen and oxygen atoms in total. The highest BCUT2D eigenvalue weighted by atomic mass is 35.5. The lowest BCUT2D eigenvalue weighted by atomic mass is 10.1. The lowest BCUT2D eigenvalue weighted by molar-refractivity contribution is -0.133. The molecule has 0 aliphatic carbocycles. The van der Waals surface area contributed by atoms with Gasteiger partial charge in [0.2, 0.25) is 5.91 Å². The van der Waals surface area contributed by atoms with Crippen LogP contribution in [-0.2, 0) is 25.4 Å². The van der Waals surface area contributed by atoms with Crippen LogP contribution in [-0.4, -0.2) is 53.7 Å². The summed E-state index contributed by atoms with van der Waals surface area (Å²) in [6.45, 7) is 1.06. The van der Waals surface area contributed by atoms with Crippen molar-refractivity contribution in [1.29, 1.82) is 0 Å². The van der Waals surface area contributed by atoms with Gasteiger partial charge in [0.15, 0.2) is 11.2 Å². The van der Waals surface area contributed by atoms with E-state index in [0.29, 0.717) is 36.1 Å². The van der Waals surface area contributed by atoms with Crippen molar-refractivity contribution in [3.05, 3.63) is 50.4 Å². The van der Waals surface area contributed by atoms with Gasteiger partial charge in [-0.25, -0.2) is 14.8 Å². The quantitative estimate of drug-likeness (QED) is 0.433. The lowest BCUT2D eigenvalue weighted by Gasteiger charge is -2.31. The van der Waals surface area contributed by atoms with E-state index >= 15 is 0 Å². The Morgan fingerprint density at radius 1 is 1.21 bits per heavy atom. The molecule has 33 heavy (non-hydrogen) atoms. The zero-order chi connectivity index (χ0) is 23.3. The van der Waals surface area contributed by atoms with E-state index in [1.54, 1.807) is 18.0 Å². The average Bonchev–Trinajstić information content (AvgIpc) is 3.41. The maximum Gasteiger partial charge on any atom is 0.332 e. The zero-order valence-electron chi connectivity index (χ0n) is 18.0. The highest BCUT2D eigenvalue weighted by Crippen LogP contribution is 2.33. The molecule has 1 amide bonds. The van der Waals surface area contributed by atoms with E-state index < -0.39 is 11.2 Å². The van der Waals surface area contributed by atoms with Gasteiger partial charge >= 0.3 is 5.69 Å². The lowest BCUT2D eigenvalue weighted by Crippen LogP contribution is -2.43. The molecule has 0 N–H and O–H groups in total. The van der Waals surface area contributed by atoms with Crippen LogP contribution in [0.3, 0.4) is 0 Å². The number of imidazole rings is 1. The Kier molecular flexibility index (Phi) is 5.45. The van der Waals surface area contributed by atoms with Gasteiger partial charge in [-0.2, -0.15) is 0 Å². The molecule has 1 aromatic carbocycles. The van der Waals surface area contributed by atoms with Crippen molar-refractivity contribution in [2.75, 3.05) is 13.1 Å². The van der Waals surface area contributed by atoms with Crippen LogP contribution < -0.4 is 16.0 Å². The summed E-state index contributed by atoms with van der Waals surface area (Å²) >= 11 is 7.65. The van der Waals surface area contributed by atoms with E-state index in [0.717, 1.165) is 14.8 Å². The summed E-state index contributed by atoms with van der Waals surface area (Å²) in [5.74, 6) is -0.115. The van der Waals surface area contributed by atoms with Crippen LogP contribution in [0, 0.1) is 0 Å². The molecule has 1 saturated heterocycles. The average molecular weight is 489 g/mol. The van der Waals surface area contributed by atoms with Gasteiger partial charge in [-0.05, 0) is 12.1 Å². The number of aryl methyl sites for hydroxylation is 1. The fraction of sp³-hybridized carbons (Fsp3) is 0.381. The first-order valence-corrected chi connectivity index (χ1v) is 11.6. The summed E-state index contributed by atoms with van der Waals surface area (Å²) in [6.07, 6.45) is 2.74. The molecular weight excluding hydrogens is 468 g/mol. The van der Waals surface area contributed by atoms with Gasteiger partial charge < -0.3 is 14.2 Å². The number of aromatic nitrogens is 5. The number of para-hydroxylation sites is 1. The molecule has 1 aliphatic heterocycles. The first kappa shape index (κ1) is 21.7. The molecule has 4 heterocycles. The Morgan fingerprint density at radius 3 is 2.70 bits per heavy atom. The van der Waals surface area contributed by atoms with Crippen LogP contribution in [0.5, 0.6) is 5.19 Å². The van der Waals surface area contributed by atoms with Crippen LogP contribution in [0.4, 0.5) is 0 Å². The van der Waals surface area contributed by atoms with Gasteiger partial charge in [-0.1, -0.05) is 29.0 Å². The molecule has 5 rings (SSSR count). The molecule has 172 valence electrons. The summed E-state index contributed by atoms with van der Waals surface area (Å²) in [5.41, 5.74) is 0.311. The molecular formula is C21H21ClN6O4S. The summed E-state index contributed by atoms with van der Waals surface area (Å²) in [6, 6.07) is 5.64. The first-order chi connectivity index (χ1) is 15.8. The van der Waals surface area contributed by atoms with Crippen LogP contribution in [0.1, 0.15) is 12.8 Å².